The van der Waals surface area contributed by atoms with E-state index in [0.29, 0.717) is 11.6 Å². The molecule has 1 N–H and O–H groups in total. The number of anilines is 1. The molecule has 0 bridgehead atoms. The molecule has 1 aromatic heterocycles. The second kappa shape index (κ2) is 6.60. The van der Waals surface area contributed by atoms with Crippen LogP contribution in [0.1, 0.15) is 32.6 Å². The van der Waals surface area contributed by atoms with Crippen molar-refractivity contribution in [1.29, 1.82) is 0 Å². The summed E-state index contributed by atoms with van der Waals surface area (Å²) in [5.41, 5.74) is -0.0218. The summed E-state index contributed by atoms with van der Waals surface area (Å²) in [5, 5.41) is 3.43. The first-order valence-electron chi connectivity index (χ1n) is 9.18. The molecule has 0 radical (unpaired) electrons. The highest BCUT2D eigenvalue weighted by Gasteiger charge is 2.55. The fraction of sp³-hybridized carbons (Fsp3) is 0.474. The third kappa shape index (κ3) is 2.88. The summed E-state index contributed by atoms with van der Waals surface area (Å²) in [6, 6.07) is 7.18. The van der Waals surface area contributed by atoms with E-state index in [1.807, 2.05) is 31.2 Å². The molecule has 2 atom stereocenters. The van der Waals surface area contributed by atoms with Crippen LogP contribution < -0.4 is 10.2 Å². The van der Waals surface area contributed by atoms with Crippen LogP contribution in [0.15, 0.2) is 24.3 Å². The topological polar surface area (TPSA) is 82.6 Å². The second-order valence-corrected chi connectivity index (χ2v) is 8.37. The molecule has 4 amide bonds. The molecule has 1 aliphatic carbocycles. The predicted molar refractivity (Wildman–Crippen MR) is 104 cm³/mol. The van der Waals surface area contributed by atoms with Gasteiger partial charge in [0.2, 0.25) is 5.91 Å². The van der Waals surface area contributed by atoms with Gasteiger partial charge >= 0.3 is 6.03 Å². The number of imide groups is 1. The van der Waals surface area contributed by atoms with Crippen LogP contribution in [-0.2, 0) is 9.59 Å². The Morgan fingerprint density at radius 2 is 2.15 bits per heavy atom. The predicted octanol–water partition coefficient (Wildman–Crippen LogP) is 2.76. The molecule has 2 unspecified atom stereocenters. The van der Waals surface area contributed by atoms with Gasteiger partial charge in [0.15, 0.2) is 5.13 Å². The van der Waals surface area contributed by atoms with E-state index in [2.05, 4.69) is 10.3 Å². The zero-order valence-electron chi connectivity index (χ0n) is 15.4. The maximum atomic E-state index is 13.0. The molecule has 2 aromatic rings. The van der Waals surface area contributed by atoms with Gasteiger partial charge in [-0.3, -0.25) is 19.4 Å². The Labute approximate surface area is 161 Å². The van der Waals surface area contributed by atoms with E-state index in [4.69, 9.17) is 0 Å². The third-order valence-electron chi connectivity index (χ3n) is 5.74. The van der Waals surface area contributed by atoms with E-state index >= 15 is 0 Å². The lowest BCUT2D eigenvalue weighted by atomic mass is 9.73. The molecule has 1 aliphatic heterocycles. The van der Waals surface area contributed by atoms with Gasteiger partial charge in [-0.05, 0) is 30.9 Å². The van der Waals surface area contributed by atoms with Gasteiger partial charge in [0, 0.05) is 7.05 Å². The van der Waals surface area contributed by atoms with Crippen molar-refractivity contribution in [2.24, 2.45) is 5.92 Å². The Morgan fingerprint density at radius 1 is 1.37 bits per heavy atom. The van der Waals surface area contributed by atoms with Crippen LogP contribution in [0, 0.1) is 5.92 Å². The summed E-state index contributed by atoms with van der Waals surface area (Å²) in [6.07, 6.45) is 3.51. The number of hydrogen-bond acceptors (Lipinski definition) is 5. The van der Waals surface area contributed by atoms with Gasteiger partial charge in [0.25, 0.3) is 5.91 Å². The molecule has 1 saturated carbocycles. The number of benzene rings is 1. The number of para-hydroxylation sites is 1. The van der Waals surface area contributed by atoms with Crippen LogP contribution in [0.4, 0.5) is 9.93 Å². The number of carbonyl (C=O) groups excluding carboxylic acids is 3. The highest BCUT2D eigenvalue weighted by molar-refractivity contribution is 7.22. The molecule has 2 heterocycles. The summed E-state index contributed by atoms with van der Waals surface area (Å²) >= 11 is 1.41. The highest BCUT2D eigenvalue weighted by Crippen LogP contribution is 2.38. The molecule has 142 valence electrons. The number of aromatic nitrogens is 1. The monoisotopic (exact) mass is 386 g/mol. The van der Waals surface area contributed by atoms with Crippen LogP contribution in [0.5, 0.6) is 0 Å². The van der Waals surface area contributed by atoms with Gasteiger partial charge in [0.1, 0.15) is 12.1 Å². The molecule has 8 heteroatoms. The maximum Gasteiger partial charge on any atom is 0.325 e. The van der Waals surface area contributed by atoms with Crippen LogP contribution in [0.3, 0.4) is 0 Å². The summed E-state index contributed by atoms with van der Waals surface area (Å²) in [6.45, 7) is 1.72. The van der Waals surface area contributed by atoms with Crippen molar-refractivity contribution in [3.63, 3.8) is 0 Å². The average molecular weight is 386 g/mol. The molecule has 1 saturated heterocycles. The Bertz CT molecular complexity index is 894. The fourth-order valence-electron chi connectivity index (χ4n) is 3.99. The molecule has 1 aromatic carbocycles. The lowest BCUT2D eigenvalue weighted by Gasteiger charge is -2.36. The van der Waals surface area contributed by atoms with Crippen molar-refractivity contribution in [2.45, 2.75) is 38.1 Å². The summed E-state index contributed by atoms with van der Waals surface area (Å²) in [5.74, 6) is -0.534. The third-order valence-corrected chi connectivity index (χ3v) is 6.85. The smallest absolute Gasteiger partial charge is 0.323 e. The molecule has 1 spiro atoms. The van der Waals surface area contributed by atoms with Crippen LogP contribution in [0.25, 0.3) is 10.2 Å². The van der Waals surface area contributed by atoms with E-state index in [1.165, 1.54) is 16.2 Å². The van der Waals surface area contributed by atoms with E-state index in [1.54, 1.807) is 7.05 Å². The van der Waals surface area contributed by atoms with Gasteiger partial charge in [-0.1, -0.05) is 43.2 Å². The number of rotatable bonds is 3. The van der Waals surface area contributed by atoms with Crippen LogP contribution >= 0.6 is 11.3 Å². The van der Waals surface area contributed by atoms with Crippen molar-refractivity contribution < 1.29 is 14.4 Å². The molecule has 2 fully saturated rings. The van der Waals surface area contributed by atoms with Gasteiger partial charge in [0.05, 0.1) is 10.2 Å². The van der Waals surface area contributed by atoms with Crippen LogP contribution in [-0.4, -0.2) is 46.9 Å². The number of nitrogens with zero attached hydrogens (tertiary/aromatic N) is 3. The Kier molecular flexibility index (Phi) is 4.38. The number of urea groups is 1. The molecule has 7 nitrogen and oxygen atoms in total. The van der Waals surface area contributed by atoms with Gasteiger partial charge in [-0.15, -0.1) is 0 Å². The summed E-state index contributed by atoms with van der Waals surface area (Å²) < 4.78 is 0.983. The van der Waals surface area contributed by atoms with Gasteiger partial charge in [-0.2, -0.15) is 0 Å². The van der Waals surface area contributed by atoms with E-state index in [-0.39, 0.29) is 24.3 Å². The van der Waals surface area contributed by atoms with Crippen LogP contribution in [0.2, 0.25) is 0 Å². The fourth-order valence-corrected chi connectivity index (χ4v) is 4.93. The minimum absolute atomic E-state index is 0.0739. The Hall–Kier alpha value is -2.48. The molecular weight excluding hydrogens is 364 g/mol. The van der Waals surface area contributed by atoms with Crippen molar-refractivity contribution >= 4 is 44.5 Å². The van der Waals surface area contributed by atoms with Crippen molar-refractivity contribution in [3.8, 4) is 0 Å². The number of fused-ring (bicyclic) bond motifs is 1. The summed E-state index contributed by atoms with van der Waals surface area (Å²) in [7, 11) is 1.62. The zero-order chi connectivity index (χ0) is 19.2. The maximum absolute atomic E-state index is 13.0. The average Bonchev–Trinajstić information content (AvgIpc) is 3.19. The zero-order valence-corrected chi connectivity index (χ0v) is 16.2. The molecule has 27 heavy (non-hydrogen) atoms. The first kappa shape index (κ1) is 17.9. The number of hydrogen-bond donors (Lipinski definition) is 1. The first-order valence-corrected chi connectivity index (χ1v) is 10.0. The number of amides is 4. The standard InChI is InChI=1S/C19H22N4O3S/c1-12-7-5-6-10-19(12)16(25)23(17(26)21-19)11-15(24)22(2)18-20-13-8-3-4-9-14(13)27-18/h3-4,8-9,12H,5-7,10-11H2,1-2H3,(H,21,26). The molecular formula is C19H22N4O3S. The number of nitrogens with one attached hydrogen (secondary N) is 1. The first-order chi connectivity index (χ1) is 12.9. The molecule has 4 rings (SSSR count). The highest BCUT2D eigenvalue weighted by atomic mass is 32.1. The lowest BCUT2D eigenvalue weighted by Crippen LogP contribution is -2.54. The summed E-state index contributed by atoms with van der Waals surface area (Å²) in [4.78, 5) is 45.1. The van der Waals surface area contributed by atoms with Gasteiger partial charge in [-0.25, -0.2) is 9.78 Å². The SMILES string of the molecule is CC1CCCCC12NC(=O)N(CC(=O)N(C)c1nc3ccccc3s1)C2=O. The quantitative estimate of drug-likeness (QED) is 0.823. The second-order valence-electron chi connectivity index (χ2n) is 7.36. The van der Waals surface area contributed by atoms with E-state index in [9.17, 15) is 14.4 Å². The largest absolute Gasteiger partial charge is 0.325 e. The normalized spacial score (nSPS) is 25.3. The van der Waals surface area contributed by atoms with Crippen molar-refractivity contribution in [1.82, 2.24) is 15.2 Å². The molecule has 2 aliphatic rings. The lowest BCUT2D eigenvalue weighted by molar-refractivity contribution is -0.136. The number of thiazole rings is 1. The van der Waals surface area contributed by atoms with E-state index in [0.717, 1.165) is 34.4 Å². The Morgan fingerprint density at radius 3 is 2.89 bits per heavy atom. The van der Waals surface area contributed by atoms with E-state index < -0.39 is 11.6 Å². The minimum atomic E-state index is -0.843. The van der Waals surface area contributed by atoms with Crippen molar-refractivity contribution in [3.05, 3.63) is 24.3 Å². The number of likely N-dealkylation sites (N-methyl/N-ethyl adjacent to an activating group) is 1. The minimum Gasteiger partial charge on any atom is -0.323 e. The number of carbonyl (C=O) groups is 3. The Balaban J connectivity index is 1.52. The van der Waals surface area contributed by atoms with Gasteiger partial charge < -0.3 is 5.32 Å². The van der Waals surface area contributed by atoms with Crippen molar-refractivity contribution in [2.75, 3.05) is 18.5 Å².